The van der Waals surface area contributed by atoms with Crippen LogP contribution < -0.4 is 14.8 Å². The van der Waals surface area contributed by atoms with Crippen LogP contribution in [-0.2, 0) is 4.79 Å². The molecule has 7 nitrogen and oxygen atoms in total. The van der Waals surface area contributed by atoms with Crippen molar-refractivity contribution < 1.29 is 18.7 Å². The molecule has 0 saturated heterocycles. The van der Waals surface area contributed by atoms with Gasteiger partial charge in [0.05, 0.1) is 13.3 Å². The third-order valence-corrected chi connectivity index (χ3v) is 4.24. The Labute approximate surface area is 182 Å². The average molecular weight is 439 g/mol. The number of rotatable bonds is 6. The zero-order valence-corrected chi connectivity index (χ0v) is 17.3. The number of carbonyl (C=O) groups excluding carboxylic acids is 1. The Bertz CT molecular complexity index is 1190. The average Bonchev–Trinajstić information content (AvgIpc) is 2.76. The van der Waals surface area contributed by atoms with Gasteiger partial charge in [-0.05, 0) is 54.4 Å². The van der Waals surface area contributed by atoms with Crippen LogP contribution >= 0.6 is 11.6 Å². The van der Waals surface area contributed by atoms with Crippen LogP contribution in [-0.4, -0.2) is 23.0 Å². The second kappa shape index (κ2) is 9.69. The zero-order valence-electron chi connectivity index (χ0n) is 16.5. The highest BCUT2D eigenvalue weighted by Crippen LogP contribution is 2.33. The molecule has 0 aliphatic rings. The summed E-state index contributed by atoms with van der Waals surface area (Å²) in [6.45, 7) is 1.93. The van der Waals surface area contributed by atoms with Crippen LogP contribution in [0.15, 0.2) is 54.2 Å². The van der Waals surface area contributed by atoms with Gasteiger partial charge in [0.25, 0.3) is 11.8 Å². The normalized spacial score (nSPS) is 10.9. The zero-order chi connectivity index (χ0) is 22.4. The number of aryl methyl sites for hydroxylation is 1. The van der Waals surface area contributed by atoms with Crippen molar-refractivity contribution in [2.45, 2.75) is 6.92 Å². The summed E-state index contributed by atoms with van der Waals surface area (Å²) in [4.78, 5) is 19.7. The molecule has 0 atom stereocenters. The molecule has 0 bridgehead atoms. The van der Waals surface area contributed by atoms with Crippen molar-refractivity contribution in [2.24, 2.45) is 0 Å². The molecule has 0 unspecified atom stereocenters. The van der Waals surface area contributed by atoms with Gasteiger partial charge in [0.15, 0.2) is 11.5 Å². The maximum Gasteiger partial charge on any atom is 0.266 e. The fourth-order valence-corrected chi connectivity index (χ4v) is 2.65. The molecule has 1 heterocycles. The molecule has 0 spiro atoms. The summed E-state index contributed by atoms with van der Waals surface area (Å²) in [5.74, 6) is -1.38. The summed E-state index contributed by atoms with van der Waals surface area (Å²) in [5.41, 5.74) is 1.92. The van der Waals surface area contributed by atoms with Gasteiger partial charge in [0, 0.05) is 5.69 Å². The molecule has 0 radical (unpaired) electrons. The van der Waals surface area contributed by atoms with Crippen molar-refractivity contribution in [3.05, 3.63) is 76.5 Å². The second-order valence-corrected chi connectivity index (χ2v) is 6.63. The van der Waals surface area contributed by atoms with E-state index in [1.54, 1.807) is 24.3 Å². The second-order valence-electron chi connectivity index (χ2n) is 6.29. The molecule has 0 fully saturated rings. The van der Waals surface area contributed by atoms with E-state index in [9.17, 15) is 14.4 Å². The summed E-state index contributed by atoms with van der Waals surface area (Å²) in [6.07, 6.45) is 2.25. The molecule has 2 aromatic carbocycles. The van der Waals surface area contributed by atoms with Crippen molar-refractivity contribution in [3.8, 4) is 23.4 Å². The lowest BCUT2D eigenvalue weighted by Gasteiger charge is -2.11. The van der Waals surface area contributed by atoms with E-state index in [4.69, 9.17) is 21.1 Å². The standard InChI is InChI=1S/C22H16ClFN4O3/c1-13-3-6-16(7-4-13)27-20(29)15(11-25)9-14-5-8-18(30-2)19(10-14)31-21-17(24)12-26-22(23)28-21/h3-10,12H,1-2H3,(H,27,29)/b15-9+. The van der Waals surface area contributed by atoms with Crippen molar-refractivity contribution in [1.82, 2.24) is 9.97 Å². The van der Waals surface area contributed by atoms with E-state index in [0.29, 0.717) is 11.3 Å². The number of amides is 1. The molecule has 1 amide bonds. The molecule has 1 aromatic heterocycles. The Kier molecular flexibility index (Phi) is 6.80. The third kappa shape index (κ3) is 5.56. The van der Waals surface area contributed by atoms with Crippen molar-refractivity contribution in [2.75, 3.05) is 12.4 Å². The van der Waals surface area contributed by atoms with E-state index in [-0.39, 0.29) is 22.4 Å². The molecular weight excluding hydrogens is 423 g/mol. The molecule has 3 rings (SSSR count). The van der Waals surface area contributed by atoms with Crippen LogP contribution in [0, 0.1) is 24.1 Å². The highest BCUT2D eigenvalue weighted by Gasteiger charge is 2.14. The van der Waals surface area contributed by atoms with Gasteiger partial charge >= 0.3 is 0 Å². The van der Waals surface area contributed by atoms with Gasteiger partial charge in [0.2, 0.25) is 11.1 Å². The topological polar surface area (TPSA) is 97.1 Å². The van der Waals surface area contributed by atoms with Crippen LogP contribution in [0.5, 0.6) is 17.4 Å². The van der Waals surface area contributed by atoms with Gasteiger partial charge in [0.1, 0.15) is 11.6 Å². The number of nitrogens with zero attached hydrogens (tertiary/aromatic N) is 3. The van der Waals surface area contributed by atoms with E-state index in [0.717, 1.165) is 11.8 Å². The summed E-state index contributed by atoms with van der Waals surface area (Å²) >= 11 is 5.70. The molecule has 156 valence electrons. The number of aromatic nitrogens is 2. The number of nitrogens with one attached hydrogen (secondary N) is 1. The minimum atomic E-state index is -0.817. The lowest BCUT2D eigenvalue weighted by atomic mass is 10.1. The minimum Gasteiger partial charge on any atom is -0.493 e. The van der Waals surface area contributed by atoms with Crippen molar-refractivity contribution >= 4 is 29.3 Å². The molecule has 31 heavy (non-hydrogen) atoms. The highest BCUT2D eigenvalue weighted by molar-refractivity contribution is 6.28. The maximum atomic E-state index is 13.9. The third-order valence-electron chi connectivity index (χ3n) is 4.06. The van der Waals surface area contributed by atoms with Gasteiger partial charge in [-0.3, -0.25) is 4.79 Å². The fourth-order valence-electron chi connectivity index (χ4n) is 2.52. The Morgan fingerprint density at radius 2 is 1.97 bits per heavy atom. The van der Waals surface area contributed by atoms with Gasteiger partial charge in [-0.2, -0.15) is 14.6 Å². The van der Waals surface area contributed by atoms with Gasteiger partial charge in [-0.1, -0.05) is 23.8 Å². The number of hydrogen-bond donors (Lipinski definition) is 1. The molecule has 0 aliphatic carbocycles. The number of anilines is 1. The summed E-state index contributed by atoms with van der Waals surface area (Å²) in [5, 5.41) is 11.9. The lowest BCUT2D eigenvalue weighted by Crippen LogP contribution is -2.13. The number of carbonyl (C=O) groups is 1. The van der Waals surface area contributed by atoms with Gasteiger partial charge < -0.3 is 14.8 Å². The smallest absolute Gasteiger partial charge is 0.266 e. The minimum absolute atomic E-state index is 0.112. The van der Waals surface area contributed by atoms with Crippen molar-refractivity contribution in [1.29, 1.82) is 5.26 Å². The lowest BCUT2D eigenvalue weighted by molar-refractivity contribution is -0.112. The SMILES string of the molecule is COc1ccc(/C=C(\C#N)C(=O)Nc2ccc(C)cc2)cc1Oc1nc(Cl)ncc1F. The number of ether oxygens (including phenoxy) is 2. The van der Waals surface area contributed by atoms with Crippen LogP contribution in [0.4, 0.5) is 10.1 Å². The van der Waals surface area contributed by atoms with E-state index in [1.807, 2.05) is 25.1 Å². The van der Waals surface area contributed by atoms with Gasteiger partial charge in [-0.15, -0.1) is 0 Å². The van der Waals surface area contributed by atoms with Crippen LogP contribution in [0.2, 0.25) is 5.28 Å². The van der Waals surface area contributed by atoms with E-state index >= 15 is 0 Å². The van der Waals surface area contributed by atoms with Crippen LogP contribution in [0.3, 0.4) is 0 Å². The first kappa shape index (κ1) is 21.7. The van der Waals surface area contributed by atoms with Crippen LogP contribution in [0.1, 0.15) is 11.1 Å². The molecule has 1 N–H and O–H groups in total. The summed E-state index contributed by atoms with van der Waals surface area (Å²) in [7, 11) is 1.41. The quantitative estimate of drug-likeness (QED) is 0.333. The predicted octanol–water partition coefficient (Wildman–Crippen LogP) is 4.92. The monoisotopic (exact) mass is 438 g/mol. The molecule has 9 heteroatoms. The molecule has 0 saturated carbocycles. The van der Waals surface area contributed by atoms with Crippen LogP contribution in [0.25, 0.3) is 6.08 Å². The fraction of sp³-hybridized carbons (Fsp3) is 0.0909. The first-order valence-electron chi connectivity index (χ1n) is 8.93. The number of methoxy groups -OCH3 is 1. The Morgan fingerprint density at radius 3 is 2.65 bits per heavy atom. The maximum absolute atomic E-state index is 13.9. The summed E-state index contributed by atoms with van der Waals surface area (Å²) < 4.78 is 24.6. The Morgan fingerprint density at radius 1 is 1.23 bits per heavy atom. The number of benzene rings is 2. The number of hydrogen-bond acceptors (Lipinski definition) is 6. The van der Waals surface area contributed by atoms with Gasteiger partial charge in [-0.25, -0.2) is 4.98 Å². The van der Waals surface area contributed by atoms with Crippen molar-refractivity contribution in [3.63, 3.8) is 0 Å². The van der Waals surface area contributed by atoms with E-state index < -0.39 is 17.6 Å². The Balaban J connectivity index is 1.88. The first-order valence-corrected chi connectivity index (χ1v) is 9.31. The molecular formula is C22H16ClFN4O3. The van der Waals surface area contributed by atoms with E-state index in [1.165, 1.54) is 19.3 Å². The largest absolute Gasteiger partial charge is 0.493 e. The number of nitriles is 1. The van der Waals surface area contributed by atoms with E-state index in [2.05, 4.69) is 15.3 Å². The summed E-state index contributed by atoms with van der Waals surface area (Å²) in [6, 6.07) is 13.7. The highest BCUT2D eigenvalue weighted by atomic mass is 35.5. The first-order chi connectivity index (χ1) is 14.9. The number of halogens is 2. The Hall–Kier alpha value is -3.96. The predicted molar refractivity (Wildman–Crippen MR) is 113 cm³/mol. The molecule has 3 aromatic rings. The molecule has 0 aliphatic heterocycles.